The van der Waals surface area contributed by atoms with E-state index >= 15 is 0 Å². The Hall–Kier alpha value is -1.68. The number of methoxy groups -OCH3 is 1. The minimum Gasteiger partial charge on any atom is -0.408 e. The van der Waals surface area contributed by atoms with Crippen molar-refractivity contribution in [1.82, 2.24) is 13.8 Å². The fourth-order valence-corrected chi connectivity index (χ4v) is 5.27. The standard InChI is InChI=1S/C17H23N3O5S/c1-18-15-9-14(3-4-16(15)25-17(18)21)26(22,23)20-10-12(11-20)19-7-5-13(24-2)6-8-19/h3-4,9,12-13H,5-8,10-11H2,1-2H3. The van der Waals surface area contributed by atoms with Gasteiger partial charge in [-0.3, -0.25) is 9.47 Å². The first-order chi connectivity index (χ1) is 12.4. The van der Waals surface area contributed by atoms with Crippen molar-refractivity contribution in [3.8, 4) is 0 Å². The average molecular weight is 381 g/mol. The third kappa shape index (κ3) is 2.88. The summed E-state index contributed by atoms with van der Waals surface area (Å²) in [4.78, 5) is 14.1. The zero-order valence-electron chi connectivity index (χ0n) is 14.9. The van der Waals surface area contributed by atoms with E-state index in [1.807, 2.05) is 0 Å². The van der Waals surface area contributed by atoms with Gasteiger partial charge in [0.1, 0.15) is 0 Å². The van der Waals surface area contributed by atoms with Crippen molar-refractivity contribution in [2.75, 3.05) is 33.3 Å². The summed E-state index contributed by atoms with van der Waals surface area (Å²) >= 11 is 0. The summed E-state index contributed by atoms with van der Waals surface area (Å²) in [5, 5.41) is 0. The molecular weight excluding hydrogens is 358 g/mol. The minimum absolute atomic E-state index is 0.193. The third-order valence-electron chi connectivity index (χ3n) is 5.56. The number of nitrogens with zero attached hydrogens (tertiary/aromatic N) is 3. The molecule has 2 aliphatic heterocycles. The summed E-state index contributed by atoms with van der Waals surface area (Å²) in [6.45, 7) is 2.89. The van der Waals surface area contributed by atoms with Crippen LogP contribution in [-0.2, 0) is 21.8 Å². The highest BCUT2D eigenvalue weighted by Gasteiger charge is 2.40. The van der Waals surface area contributed by atoms with Gasteiger partial charge in [-0.05, 0) is 31.0 Å². The monoisotopic (exact) mass is 381 g/mol. The number of ether oxygens (including phenoxy) is 1. The maximum Gasteiger partial charge on any atom is 0.419 e. The zero-order valence-corrected chi connectivity index (χ0v) is 15.7. The van der Waals surface area contributed by atoms with Crippen LogP contribution < -0.4 is 5.76 Å². The quantitative estimate of drug-likeness (QED) is 0.772. The Morgan fingerprint density at radius 1 is 1.19 bits per heavy atom. The number of sulfonamides is 1. The summed E-state index contributed by atoms with van der Waals surface area (Å²) in [6.07, 6.45) is 2.30. The predicted molar refractivity (Wildman–Crippen MR) is 95.6 cm³/mol. The number of likely N-dealkylation sites (tertiary alicyclic amines) is 1. The fourth-order valence-electron chi connectivity index (χ4n) is 3.74. The maximum absolute atomic E-state index is 12.9. The second-order valence-electron chi connectivity index (χ2n) is 7.00. The van der Waals surface area contributed by atoms with Crippen LogP contribution in [0.25, 0.3) is 11.1 Å². The Morgan fingerprint density at radius 3 is 2.54 bits per heavy atom. The molecule has 0 bridgehead atoms. The number of hydrogen-bond acceptors (Lipinski definition) is 6. The van der Waals surface area contributed by atoms with Crippen LogP contribution in [0.4, 0.5) is 0 Å². The highest BCUT2D eigenvalue weighted by molar-refractivity contribution is 7.89. The fraction of sp³-hybridized carbons (Fsp3) is 0.588. The number of benzene rings is 1. The molecule has 9 heteroatoms. The Labute approximate surface area is 152 Å². The van der Waals surface area contributed by atoms with Crippen LogP contribution >= 0.6 is 0 Å². The lowest BCUT2D eigenvalue weighted by molar-refractivity contribution is 0.00364. The van der Waals surface area contributed by atoms with Crippen molar-refractivity contribution >= 4 is 21.1 Å². The van der Waals surface area contributed by atoms with Crippen molar-refractivity contribution in [1.29, 1.82) is 0 Å². The average Bonchev–Trinajstić information content (AvgIpc) is 2.88. The number of oxazole rings is 1. The smallest absolute Gasteiger partial charge is 0.408 e. The highest BCUT2D eigenvalue weighted by Crippen LogP contribution is 2.28. The van der Waals surface area contributed by atoms with Crippen molar-refractivity contribution < 1.29 is 17.6 Å². The van der Waals surface area contributed by atoms with Gasteiger partial charge in [0.05, 0.1) is 16.5 Å². The molecule has 2 saturated heterocycles. The Morgan fingerprint density at radius 2 is 1.88 bits per heavy atom. The van der Waals surface area contributed by atoms with Gasteiger partial charge in [0.2, 0.25) is 10.0 Å². The second kappa shape index (κ2) is 6.49. The molecule has 2 fully saturated rings. The highest BCUT2D eigenvalue weighted by atomic mass is 32.2. The SMILES string of the molecule is COC1CCN(C2CN(S(=O)(=O)c3ccc4oc(=O)n(C)c4c3)C2)CC1. The van der Waals surface area contributed by atoms with Crippen molar-refractivity contribution in [2.45, 2.75) is 29.9 Å². The minimum atomic E-state index is -3.56. The van der Waals surface area contributed by atoms with Gasteiger partial charge in [0, 0.05) is 46.4 Å². The molecule has 1 aromatic heterocycles. The third-order valence-corrected chi connectivity index (χ3v) is 7.38. The van der Waals surface area contributed by atoms with Crippen LogP contribution in [0.2, 0.25) is 0 Å². The van der Waals surface area contributed by atoms with Gasteiger partial charge < -0.3 is 9.15 Å². The van der Waals surface area contributed by atoms with E-state index in [0.29, 0.717) is 30.3 Å². The molecule has 0 atom stereocenters. The van der Waals surface area contributed by atoms with Crippen LogP contribution in [0, 0.1) is 0 Å². The Kier molecular flexibility index (Phi) is 4.42. The molecule has 0 radical (unpaired) electrons. The van der Waals surface area contributed by atoms with E-state index in [1.54, 1.807) is 14.2 Å². The van der Waals surface area contributed by atoms with E-state index in [4.69, 9.17) is 9.15 Å². The number of aryl methyl sites for hydroxylation is 1. The molecule has 0 amide bonds. The first kappa shape index (κ1) is 17.7. The van der Waals surface area contributed by atoms with Crippen LogP contribution in [-0.4, -0.2) is 67.6 Å². The molecule has 0 spiro atoms. The van der Waals surface area contributed by atoms with Gasteiger partial charge in [-0.2, -0.15) is 4.31 Å². The molecule has 0 aliphatic carbocycles. The van der Waals surface area contributed by atoms with Crippen LogP contribution in [0.1, 0.15) is 12.8 Å². The van der Waals surface area contributed by atoms with Crippen LogP contribution in [0.15, 0.2) is 32.3 Å². The molecule has 0 N–H and O–H groups in total. The van der Waals surface area contributed by atoms with Gasteiger partial charge in [-0.25, -0.2) is 13.2 Å². The molecule has 2 aromatic rings. The molecule has 3 heterocycles. The number of piperidine rings is 1. The van der Waals surface area contributed by atoms with E-state index in [1.165, 1.54) is 27.1 Å². The zero-order chi connectivity index (χ0) is 18.5. The largest absolute Gasteiger partial charge is 0.419 e. The number of fused-ring (bicyclic) bond motifs is 1. The lowest BCUT2D eigenvalue weighted by Crippen LogP contribution is -2.62. The Bertz CT molecular complexity index is 966. The topological polar surface area (TPSA) is 85.0 Å². The number of aromatic nitrogens is 1. The summed E-state index contributed by atoms with van der Waals surface area (Å²) in [5.41, 5.74) is 0.869. The summed E-state index contributed by atoms with van der Waals surface area (Å²) in [6, 6.07) is 4.81. The van der Waals surface area contributed by atoms with E-state index in [2.05, 4.69) is 4.90 Å². The van der Waals surface area contributed by atoms with Crippen molar-refractivity contribution in [3.63, 3.8) is 0 Å². The van der Waals surface area contributed by atoms with Gasteiger partial charge in [-0.15, -0.1) is 0 Å². The normalized spacial score (nSPS) is 21.3. The van der Waals surface area contributed by atoms with Gasteiger partial charge in [-0.1, -0.05) is 0 Å². The second-order valence-corrected chi connectivity index (χ2v) is 8.94. The Balaban J connectivity index is 1.47. The van der Waals surface area contributed by atoms with Crippen LogP contribution in [0.5, 0.6) is 0 Å². The molecule has 142 valence electrons. The van der Waals surface area contributed by atoms with Gasteiger partial charge in [0.25, 0.3) is 0 Å². The lowest BCUT2D eigenvalue weighted by atomic mass is 10.0. The van der Waals surface area contributed by atoms with Gasteiger partial charge >= 0.3 is 5.76 Å². The van der Waals surface area contributed by atoms with E-state index in [0.717, 1.165) is 25.9 Å². The molecule has 2 aliphatic rings. The first-order valence-corrected chi connectivity index (χ1v) is 10.2. The molecule has 8 nitrogen and oxygen atoms in total. The lowest BCUT2D eigenvalue weighted by Gasteiger charge is -2.46. The number of rotatable bonds is 4. The summed E-state index contributed by atoms with van der Waals surface area (Å²) < 4.78 is 39.0. The van der Waals surface area contributed by atoms with E-state index in [-0.39, 0.29) is 10.9 Å². The predicted octanol–water partition coefficient (Wildman–Crippen LogP) is 0.615. The molecule has 26 heavy (non-hydrogen) atoms. The number of hydrogen-bond donors (Lipinski definition) is 0. The summed E-state index contributed by atoms with van der Waals surface area (Å²) in [5.74, 6) is -0.502. The molecule has 1 aromatic carbocycles. The van der Waals surface area contributed by atoms with Gasteiger partial charge in [0.15, 0.2) is 5.58 Å². The molecule has 4 rings (SSSR count). The van der Waals surface area contributed by atoms with Crippen LogP contribution in [0.3, 0.4) is 0 Å². The van der Waals surface area contributed by atoms with E-state index < -0.39 is 15.8 Å². The van der Waals surface area contributed by atoms with E-state index in [9.17, 15) is 13.2 Å². The van der Waals surface area contributed by atoms with Crippen molar-refractivity contribution in [3.05, 3.63) is 28.7 Å². The molecule has 0 unspecified atom stereocenters. The molecular formula is C17H23N3O5S. The summed E-state index contributed by atoms with van der Waals surface area (Å²) in [7, 11) is -0.259. The first-order valence-electron chi connectivity index (χ1n) is 8.76. The maximum atomic E-state index is 12.9. The molecule has 0 saturated carbocycles. The van der Waals surface area contributed by atoms with Crippen molar-refractivity contribution in [2.24, 2.45) is 7.05 Å².